The topological polar surface area (TPSA) is 71.1 Å². The third kappa shape index (κ3) is 1.27. The smallest absolute Gasteiger partial charge is 0.354 e. The van der Waals surface area contributed by atoms with Gasteiger partial charge in [0.25, 0.3) is 0 Å². The van der Waals surface area contributed by atoms with Crippen molar-refractivity contribution < 1.29 is 28.5 Å². The molecular weight excluding hydrogens is 256 g/mol. The predicted octanol–water partition coefficient (Wildman–Crippen LogP) is -1.42. The van der Waals surface area contributed by atoms with Crippen LogP contribution in [0.25, 0.3) is 0 Å². The molecule has 1 saturated heterocycles. The van der Waals surface area contributed by atoms with E-state index in [0.717, 1.165) is 10.2 Å². The number of rotatable bonds is 3. The second-order valence-corrected chi connectivity index (χ2v) is 5.76. The molecule has 6 nitrogen and oxygen atoms in total. The second kappa shape index (κ2) is 4.27. The molecular formula is C11H16O6Si. The lowest BCUT2D eigenvalue weighted by atomic mass is 9.74. The van der Waals surface area contributed by atoms with Crippen molar-refractivity contribution in [3.63, 3.8) is 0 Å². The van der Waals surface area contributed by atoms with Crippen LogP contribution < -0.4 is 0 Å². The number of carbonyl (C=O) groups excluding carboxylic acids is 2. The molecule has 0 aromatic rings. The summed E-state index contributed by atoms with van der Waals surface area (Å²) in [6.45, 7) is 0. The summed E-state index contributed by atoms with van der Waals surface area (Å²) in [7, 11) is 4.93. The Kier molecular flexibility index (Phi) is 3.18. The van der Waals surface area contributed by atoms with E-state index in [2.05, 4.69) is 0 Å². The van der Waals surface area contributed by atoms with E-state index in [1.165, 1.54) is 21.3 Å². The summed E-state index contributed by atoms with van der Waals surface area (Å²) in [6, 6.07) is 0. The molecule has 100 valence electrons. The molecule has 0 N–H and O–H groups in total. The minimum Gasteiger partial charge on any atom is -0.388 e. The molecule has 4 unspecified atom stereocenters. The van der Waals surface area contributed by atoms with Crippen molar-refractivity contribution >= 4 is 22.2 Å². The summed E-state index contributed by atoms with van der Waals surface area (Å²) >= 11 is 0. The fourth-order valence-corrected chi connectivity index (χ4v) is 3.79. The van der Waals surface area contributed by atoms with Crippen LogP contribution in [0, 0.1) is 0 Å². The van der Waals surface area contributed by atoms with E-state index >= 15 is 0 Å². The van der Waals surface area contributed by atoms with Crippen molar-refractivity contribution in [1.82, 2.24) is 0 Å². The first kappa shape index (κ1) is 13.4. The third-order valence-corrected chi connectivity index (χ3v) is 4.74. The molecule has 1 aliphatic heterocycles. The first-order valence-corrected chi connectivity index (χ1v) is 6.74. The lowest BCUT2D eigenvalue weighted by Crippen LogP contribution is -2.67. The minimum absolute atomic E-state index is 0.0247. The van der Waals surface area contributed by atoms with E-state index in [0.29, 0.717) is 0 Å². The SMILES string of the molecule is COC1C([SiH3])C=CC2(OC)C(=O)OC(=O)C12OC. The highest BCUT2D eigenvalue weighted by Gasteiger charge is 2.75. The highest BCUT2D eigenvalue weighted by atomic mass is 28.1. The Hall–Kier alpha value is -1.02. The van der Waals surface area contributed by atoms with E-state index in [4.69, 9.17) is 18.9 Å². The molecule has 0 radical (unpaired) electrons. The van der Waals surface area contributed by atoms with Crippen molar-refractivity contribution in [1.29, 1.82) is 0 Å². The van der Waals surface area contributed by atoms with Crippen molar-refractivity contribution in [2.45, 2.75) is 22.8 Å². The van der Waals surface area contributed by atoms with Crippen LogP contribution in [-0.4, -0.2) is 60.8 Å². The molecule has 2 aliphatic rings. The van der Waals surface area contributed by atoms with Crippen LogP contribution in [0.5, 0.6) is 0 Å². The van der Waals surface area contributed by atoms with Crippen LogP contribution in [0.3, 0.4) is 0 Å². The standard InChI is InChI=1S/C11H16O6Si/c1-14-7-6(18)4-5-10(15-2)8(12)17-9(13)11(7,10)16-3/h4-7H,1-3,18H3. The molecule has 2 rings (SSSR count). The average Bonchev–Trinajstić information content (AvgIpc) is 2.58. The quantitative estimate of drug-likeness (QED) is 0.272. The van der Waals surface area contributed by atoms with Crippen molar-refractivity contribution in [3.05, 3.63) is 12.2 Å². The maximum atomic E-state index is 12.1. The van der Waals surface area contributed by atoms with Crippen molar-refractivity contribution in [3.8, 4) is 0 Å². The first-order chi connectivity index (χ1) is 8.50. The summed E-state index contributed by atoms with van der Waals surface area (Å²) in [5.74, 6) is -1.52. The number of fused-ring (bicyclic) bond motifs is 1. The van der Waals surface area contributed by atoms with Gasteiger partial charge in [-0.1, -0.05) is 6.08 Å². The average molecular weight is 272 g/mol. The Morgan fingerprint density at radius 3 is 2.39 bits per heavy atom. The Morgan fingerprint density at radius 2 is 1.89 bits per heavy atom. The molecule has 7 heteroatoms. The number of ether oxygens (including phenoxy) is 4. The van der Waals surface area contributed by atoms with Gasteiger partial charge in [-0.05, 0) is 11.6 Å². The second-order valence-electron chi connectivity index (χ2n) is 4.43. The Bertz CT molecular complexity index is 422. The molecule has 0 bridgehead atoms. The van der Waals surface area contributed by atoms with Gasteiger partial charge in [0.05, 0.1) is 0 Å². The van der Waals surface area contributed by atoms with E-state index in [-0.39, 0.29) is 5.54 Å². The Morgan fingerprint density at radius 1 is 1.22 bits per heavy atom. The van der Waals surface area contributed by atoms with Gasteiger partial charge >= 0.3 is 11.9 Å². The molecule has 0 saturated carbocycles. The van der Waals surface area contributed by atoms with Gasteiger partial charge in [-0.15, -0.1) is 0 Å². The summed E-state index contributed by atoms with van der Waals surface area (Å²) in [4.78, 5) is 24.1. The van der Waals surface area contributed by atoms with Crippen LogP contribution >= 0.6 is 0 Å². The summed E-state index contributed by atoms with van der Waals surface area (Å²) in [5.41, 5.74) is -3.09. The van der Waals surface area contributed by atoms with Gasteiger partial charge in [0.15, 0.2) is 0 Å². The maximum absolute atomic E-state index is 12.1. The van der Waals surface area contributed by atoms with Gasteiger partial charge in [0.1, 0.15) is 6.10 Å². The minimum atomic E-state index is -1.56. The highest BCUT2D eigenvalue weighted by Crippen LogP contribution is 2.48. The number of hydrogen-bond donors (Lipinski definition) is 0. The number of hydrogen-bond acceptors (Lipinski definition) is 6. The molecule has 0 spiro atoms. The molecule has 1 fully saturated rings. The third-order valence-electron chi connectivity index (χ3n) is 3.75. The predicted molar refractivity (Wildman–Crippen MR) is 64.2 cm³/mol. The molecule has 4 atom stereocenters. The van der Waals surface area contributed by atoms with Crippen LogP contribution in [-0.2, 0) is 28.5 Å². The monoisotopic (exact) mass is 272 g/mol. The van der Waals surface area contributed by atoms with Gasteiger partial charge in [0.2, 0.25) is 11.2 Å². The number of esters is 2. The first-order valence-electron chi connectivity index (χ1n) is 5.59. The van der Waals surface area contributed by atoms with Crippen LogP contribution in [0.1, 0.15) is 0 Å². The van der Waals surface area contributed by atoms with Crippen LogP contribution in [0.2, 0.25) is 5.54 Å². The van der Waals surface area contributed by atoms with E-state index < -0.39 is 29.2 Å². The number of methoxy groups -OCH3 is 3. The Balaban J connectivity index is 2.69. The van der Waals surface area contributed by atoms with Gasteiger partial charge < -0.3 is 18.9 Å². The van der Waals surface area contributed by atoms with Gasteiger partial charge in [-0.3, -0.25) is 0 Å². The lowest BCUT2D eigenvalue weighted by Gasteiger charge is -2.44. The van der Waals surface area contributed by atoms with Crippen LogP contribution in [0.15, 0.2) is 12.2 Å². The number of cyclic esters (lactones) is 2. The largest absolute Gasteiger partial charge is 0.388 e. The normalized spacial score (nSPS) is 43.1. The summed E-state index contributed by atoms with van der Waals surface area (Å²) in [6.07, 6.45) is 2.77. The van der Waals surface area contributed by atoms with Crippen molar-refractivity contribution in [2.75, 3.05) is 21.3 Å². The van der Waals surface area contributed by atoms with E-state index in [9.17, 15) is 9.59 Å². The Labute approximate surface area is 108 Å². The summed E-state index contributed by atoms with van der Waals surface area (Å²) in [5, 5.41) is 0. The zero-order valence-electron chi connectivity index (χ0n) is 10.8. The van der Waals surface area contributed by atoms with E-state index in [1.807, 2.05) is 6.08 Å². The molecule has 0 amide bonds. The zero-order chi connectivity index (χ0) is 13.6. The lowest BCUT2D eigenvalue weighted by molar-refractivity contribution is -0.203. The molecule has 1 aliphatic carbocycles. The molecule has 0 aromatic heterocycles. The molecule has 18 heavy (non-hydrogen) atoms. The molecule has 1 heterocycles. The summed E-state index contributed by atoms with van der Waals surface area (Å²) < 4.78 is 20.8. The van der Waals surface area contributed by atoms with Crippen LogP contribution in [0.4, 0.5) is 0 Å². The zero-order valence-corrected chi connectivity index (χ0v) is 12.8. The van der Waals surface area contributed by atoms with Gasteiger partial charge in [0, 0.05) is 31.6 Å². The fourth-order valence-electron chi connectivity index (χ4n) is 2.85. The van der Waals surface area contributed by atoms with E-state index in [1.54, 1.807) is 6.08 Å². The maximum Gasteiger partial charge on any atom is 0.354 e. The van der Waals surface area contributed by atoms with Gasteiger partial charge in [-0.2, -0.15) is 0 Å². The molecule has 0 aromatic carbocycles. The number of carbonyl (C=O) groups is 2. The fraction of sp³-hybridized carbons (Fsp3) is 0.636. The highest BCUT2D eigenvalue weighted by molar-refractivity contribution is 6.16. The van der Waals surface area contributed by atoms with Crippen molar-refractivity contribution in [2.24, 2.45) is 0 Å². The van der Waals surface area contributed by atoms with Gasteiger partial charge in [-0.25, -0.2) is 9.59 Å².